The normalized spacial score (nSPS) is 13.1. The lowest BCUT2D eigenvalue weighted by molar-refractivity contribution is 0.0736. The van der Waals surface area contributed by atoms with E-state index in [0.29, 0.717) is 63.4 Å². The molecule has 0 atom stereocenters. The Hall–Kier alpha value is -4.37. The predicted molar refractivity (Wildman–Crippen MR) is 147 cm³/mol. The van der Waals surface area contributed by atoms with E-state index in [9.17, 15) is 14.9 Å². The topological polar surface area (TPSA) is 166 Å². The number of nitrogens with two attached hydrogens (primary N) is 1. The highest BCUT2D eigenvalue weighted by Gasteiger charge is 2.22. The summed E-state index contributed by atoms with van der Waals surface area (Å²) in [5.41, 5.74) is 9.57. The van der Waals surface area contributed by atoms with Crippen molar-refractivity contribution in [2.24, 2.45) is 5.73 Å². The molecule has 11 heteroatoms. The number of nitrogens with one attached hydrogen (secondary N) is 3. The number of carbonyl (C=O) groups excluding carboxylic acids is 2. The van der Waals surface area contributed by atoms with Crippen molar-refractivity contribution >= 4 is 22.7 Å². The van der Waals surface area contributed by atoms with Crippen LogP contribution in [0.15, 0.2) is 40.9 Å². The molecule has 0 saturated carbocycles. The molecule has 1 saturated heterocycles. The van der Waals surface area contributed by atoms with E-state index in [2.05, 4.69) is 31.8 Å². The fraction of sp³-hybridized carbons (Fsp3) is 0.321. The third-order valence-corrected chi connectivity index (χ3v) is 6.45. The minimum atomic E-state index is -0.316. The van der Waals surface area contributed by atoms with Crippen LogP contribution in [0, 0.1) is 25.2 Å². The SMILES string of the molecule is CNCCN.Cc1noc(C)c1-c1cc(C(=O)c2nc3ccc(C(=O)N4CCNCC4)cc3[nH]2)ccc1C#N. The summed E-state index contributed by atoms with van der Waals surface area (Å²) in [5.74, 6) is 0.381. The summed E-state index contributed by atoms with van der Waals surface area (Å²) < 4.78 is 5.25. The number of nitriles is 1. The molecule has 202 valence electrons. The first-order chi connectivity index (χ1) is 18.9. The molecule has 0 spiro atoms. The number of hydrogen-bond acceptors (Lipinski definition) is 9. The lowest BCUT2D eigenvalue weighted by Crippen LogP contribution is -2.46. The smallest absolute Gasteiger partial charge is 0.254 e. The molecule has 11 nitrogen and oxygen atoms in total. The third-order valence-electron chi connectivity index (χ3n) is 6.45. The molecule has 2 aromatic heterocycles. The summed E-state index contributed by atoms with van der Waals surface area (Å²) in [6.45, 7) is 8.08. The first-order valence-corrected chi connectivity index (χ1v) is 12.7. The maximum Gasteiger partial charge on any atom is 0.254 e. The van der Waals surface area contributed by atoms with Gasteiger partial charge in [-0.25, -0.2) is 4.98 Å². The molecular formula is C28H32N8O3. The van der Waals surface area contributed by atoms with Crippen LogP contribution in [0.5, 0.6) is 0 Å². The zero-order valence-corrected chi connectivity index (χ0v) is 22.3. The maximum atomic E-state index is 13.3. The molecule has 4 aromatic rings. The van der Waals surface area contributed by atoms with E-state index >= 15 is 0 Å². The van der Waals surface area contributed by atoms with E-state index in [0.717, 1.165) is 26.2 Å². The Labute approximate surface area is 226 Å². The van der Waals surface area contributed by atoms with Gasteiger partial charge in [-0.15, -0.1) is 0 Å². The van der Waals surface area contributed by atoms with E-state index in [1.807, 2.05) is 11.9 Å². The predicted octanol–water partition coefficient (Wildman–Crippen LogP) is 2.15. The Morgan fingerprint density at radius 1 is 1.15 bits per heavy atom. The number of hydrogen-bond donors (Lipinski definition) is 4. The Morgan fingerprint density at radius 2 is 1.90 bits per heavy atom. The number of fused-ring (bicyclic) bond motifs is 1. The van der Waals surface area contributed by atoms with Gasteiger partial charge in [0.2, 0.25) is 5.78 Å². The number of aryl methyl sites for hydroxylation is 2. The highest BCUT2D eigenvalue weighted by molar-refractivity contribution is 6.09. The van der Waals surface area contributed by atoms with Crippen LogP contribution in [-0.4, -0.2) is 78.0 Å². The van der Waals surface area contributed by atoms with E-state index in [1.54, 1.807) is 50.2 Å². The summed E-state index contributed by atoms with van der Waals surface area (Å²) in [5, 5.41) is 19.7. The molecule has 2 aromatic carbocycles. The molecule has 1 aliphatic rings. The number of benzene rings is 2. The molecule has 0 unspecified atom stereocenters. The van der Waals surface area contributed by atoms with Crippen LogP contribution in [0.25, 0.3) is 22.2 Å². The van der Waals surface area contributed by atoms with Crippen LogP contribution in [0.4, 0.5) is 0 Å². The van der Waals surface area contributed by atoms with Gasteiger partial charge in [-0.2, -0.15) is 5.26 Å². The largest absolute Gasteiger partial charge is 0.361 e. The average Bonchev–Trinajstić information content (AvgIpc) is 3.55. The van der Waals surface area contributed by atoms with Crippen molar-refractivity contribution in [1.29, 1.82) is 5.26 Å². The zero-order valence-electron chi connectivity index (χ0n) is 22.3. The lowest BCUT2D eigenvalue weighted by atomic mass is 9.95. The maximum absolute atomic E-state index is 13.3. The molecule has 39 heavy (non-hydrogen) atoms. The number of H-pyrrole nitrogens is 1. The fourth-order valence-electron chi connectivity index (χ4n) is 4.44. The van der Waals surface area contributed by atoms with Gasteiger partial charge in [0.05, 0.1) is 28.4 Å². The first kappa shape index (κ1) is 27.7. The second-order valence-electron chi connectivity index (χ2n) is 9.15. The van der Waals surface area contributed by atoms with E-state index in [-0.39, 0.29) is 17.5 Å². The number of amides is 1. The van der Waals surface area contributed by atoms with Crippen molar-refractivity contribution in [3.63, 3.8) is 0 Å². The van der Waals surface area contributed by atoms with E-state index < -0.39 is 0 Å². The molecule has 3 heterocycles. The number of carbonyl (C=O) groups is 2. The number of ketones is 1. The van der Waals surface area contributed by atoms with Gasteiger partial charge in [-0.05, 0) is 57.3 Å². The van der Waals surface area contributed by atoms with Crippen molar-refractivity contribution < 1.29 is 14.1 Å². The molecule has 0 aliphatic carbocycles. The van der Waals surface area contributed by atoms with Crippen LogP contribution in [0.1, 0.15) is 43.6 Å². The van der Waals surface area contributed by atoms with Gasteiger partial charge in [-0.1, -0.05) is 5.16 Å². The summed E-state index contributed by atoms with van der Waals surface area (Å²) >= 11 is 0. The number of likely N-dealkylation sites (N-methyl/N-ethyl adjacent to an activating group) is 1. The highest BCUT2D eigenvalue weighted by atomic mass is 16.5. The van der Waals surface area contributed by atoms with Crippen molar-refractivity contribution in [3.05, 3.63) is 70.4 Å². The van der Waals surface area contributed by atoms with Gasteiger partial charge >= 0.3 is 0 Å². The molecule has 1 amide bonds. The molecule has 0 radical (unpaired) electrons. The second kappa shape index (κ2) is 12.4. The molecule has 5 rings (SSSR count). The number of aromatic nitrogens is 3. The van der Waals surface area contributed by atoms with Crippen molar-refractivity contribution in [2.45, 2.75) is 13.8 Å². The van der Waals surface area contributed by atoms with Gasteiger partial charge in [0.1, 0.15) is 5.76 Å². The summed E-state index contributed by atoms with van der Waals surface area (Å²) in [6.07, 6.45) is 0. The minimum absolute atomic E-state index is 0.0397. The Balaban J connectivity index is 0.000000648. The van der Waals surface area contributed by atoms with Gasteiger partial charge in [0.15, 0.2) is 5.82 Å². The standard InChI is InChI=1S/C25H22N6O3.C3H10N2/c1-14-22(15(2)34-30-14)19-11-16(3-4-18(19)13-26)23(32)24-28-20-6-5-17(12-21(20)29-24)25(33)31-9-7-27-8-10-31;1-5-3-2-4/h3-6,11-12,27H,7-10H2,1-2H3,(H,28,29);5H,2-4H2,1H3. The number of nitrogens with zero attached hydrogens (tertiary/aromatic N) is 4. The minimum Gasteiger partial charge on any atom is -0.361 e. The average molecular weight is 529 g/mol. The van der Waals surface area contributed by atoms with Crippen LogP contribution in [0.3, 0.4) is 0 Å². The van der Waals surface area contributed by atoms with Crippen molar-refractivity contribution in [2.75, 3.05) is 46.3 Å². The highest BCUT2D eigenvalue weighted by Crippen LogP contribution is 2.31. The molecule has 5 N–H and O–H groups in total. The quantitative estimate of drug-likeness (QED) is 0.274. The number of aromatic amines is 1. The Morgan fingerprint density at radius 3 is 2.51 bits per heavy atom. The van der Waals surface area contributed by atoms with Crippen LogP contribution in [-0.2, 0) is 0 Å². The molecule has 0 bridgehead atoms. The Kier molecular flexibility index (Phi) is 8.83. The van der Waals surface area contributed by atoms with Gasteiger partial charge in [0.25, 0.3) is 5.91 Å². The number of rotatable bonds is 6. The van der Waals surface area contributed by atoms with E-state index in [4.69, 9.17) is 10.3 Å². The van der Waals surface area contributed by atoms with Gasteiger partial charge in [0, 0.05) is 61.5 Å². The van der Waals surface area contributed by atoms with Gasteiger partial charge < -0.3 is 30.8 Å². The lowest BCUT2D eigenvalue weighted by Gasteiger charge is -2.27. The fourth-order valence-corrected chi connectivity index (χ4v) is 4.44. The monoisotopic (exact) mass is 528 g/mol. The molecular weight excluding hydrogens is 496 g/mol. The summed E-state index contributed by atoms with van der Waals surface area (Å²) in [4.78, 5) is 35.4. The number of imidazole rings is 1. The molecule has 1 fully saturated rings. The van der Waals surface area contributed by atoms with E-state index in [1.165, 1.54) is 0 Å². The van der Waals surface area contributed by atoms with Crippen molar-refractivity contribution in [1.82, 2.24) is 30.7 Å². The van der Waals surface area contributed by atoms with Crippen LogP contribution in [0.2, 0.25) is 0 Å². The van der Waals surface area contributed by atoms with Crippen LogP contribution < -0.4 is 16.4 Å². The summed E-state index contributed by atoms with van der Waals surface area (Å²) in [7, 11) is 1.88. The Bertz CT molecular complexity index is 1500. The van der Waals surface area contributed by atoms with Gasteiger partial charge in [-0.3, -0.25) is 9.59 Å². The zero-order chi connectivity index (χ0) is 27.9. The third kappa shape index (κ3) is 6.04. The molecule has 1 aliphatic heterocycles. The first-order valence-electron chi connectivity index (χ1n) is 12.7. The van der Waals surface area contributed by atoms with Crippen LogP contribution >= 0.6 is 0 Å². The summed E-state index contributed by atoms with van der Waals surface area (Å²) in [6, 6.07) is 12.3. The van der Waals surface area contributed by atoms with Crippen molar-refractivity contribution in [3.8, 4) is 17.2 Å². The second-order valence-corrected chi connectivity index (χ2v) is 9.15. The number of piperazine rings is 1.